The lowest BCUT2D eigenvalue weighted by molar-refractivity contribution is 0.601. The molecule has 2 heterocycles. The first-order chi connectivity index (χ1) is 13.9. The van der Waals surface area contributed by atoms with Gasteiger partial charge in [-0.15, -0.1) is 0 Å². The van der Waals surface area contributed by atoms with Crippen molar-refractivity contribution < 1.29 is 8.42 Å². The maximum atomic E-state index is 12.9. The Kier molecular flexibility index (Phi) is 5.08. The quantitative estimate of drug-likeness (QED) is 0.477. The van der Waals surface area contributed by atoms with Crippen LogP contribution in [0, 0.1) is 6.92 Å². The Bertz CT molecular complexity index is 1240. The van der Waals surface area contributed by atoms with E-state index in [9.17, 15) is 8.42 Å². The van der Waals surface area contributed by atoms with E-state index in [4.69, 9.17) is 11.6 Å². The molecule has 146 valence electrons. The topological polar surface area (TPSA) is 87.7 Å². The number of pyridine rings is 1. The van der Waals surface area contributed by atoms with E-state index in [1.54, 1.807) is 60.9 Å². The fraction of sp³-hybridized carbons (Fsp3) is 0.0476. The number of sulfonamides is 1. The molecule has 4 rings (SSSR count). The van der Waals surface area contributed by atoms with Crippen LogP contribution in [0.15, 0.2) is 78.0 Å². The number of aromatic amines is 1. The molecule has 0 fully saturated rings. The van der Waals surface area contributed by atoms with E-state index in [-0.39, 0.29) is 10.7 Å². The number of H-pyrrole nitrogens is 1. The van der Waals surface area contributed by atoms with E-state index in [1.807, 2.05) is 19.1 Å². The highest BCUT2D eigenvalue weighted by Crippen LogP contribution is 2.37. The molecule has 0 saturated carbocycles. The number of halogens is 1. The minimum absolute atomic E-state index is 0.173. The van der Waals surface area contributed by atoms with Gasteiger partial charge in [-0.1, -0.05) is 41.4 Å². The van der Waals surface area contributed by atoms with Crippen LogP contribution in [0.25, 0.3) is 22.4 Å². The number of aryl methyl sites for hydroxylation is 1. The molecule has 4 aromatic rings. The Morgan fingerprint density at radius 1 is 0.897 bits per heavy atom. The van der Waals surface area contributed by atoms with Gasteiger partial charge in [0.05, 0.1) is 10.5 Å². The maximum Gasteiger partial charge on any atom is 0.263 e. The summed E-state index contributed by atoms with van der Waals surface area (Å²) in [6, 6.07) is 17.4. The summed E-state index contributed by atoms with van der Waals surface area (Å²) in [4.78, 5) is 4.22. The van der Waals surface area contributed by atoms with Gasteiger partial charge in [0.15, 0.2) is 0 Å². The van der Waals surface area contributed by atoms with Crippen molar-refractivity contribution in [3.05, 3.63) is 83.6 Å². The smallest absolute Gasteiger partial charge is 0.263 e. The second-order valence-corrected chi connectivity index (χ2v) is 8.60. The van der Waals surface area contributed by atoms with Crippen molar-refractivity contribution in [3.63, 3.8) is 0 Å². The predicted molar refractivity (Wildman–Crippen MR) is 114 cm³/mol. The molecule has 8 heteroatoms. The summed E-state index contributed by atoms with van der Waals surface area (Å²) in [7, 11) is -3.79. The molecule has 0 bridgehead atoms. The van der Waals surface area contributed by atoms with Crippen molar-refractivity contribution in [2.24, 2.45) is 0 Å². The molecule has 0 unspecified atom stereocenters. The second-order valence-electron chi connectivity index (χ2n) is 6.48. The Morgan fingerprint density at radius 2 is 1.55 bits per heavy atom. The summed E-state index contributed by atoms with van der Waals surface area (Å²) < 4.78 is 28.4. The molecule has 0 aliphatic carbocycles. The third kappa shape index (κ3) is 4.01. The molecular formula is C21H17ClN4O2S. The third-order valence-electron chi connectivity index (χ3n) is 4.42. The lowest BCUT2D eigenvalue weighted by Gasteiger charge is -2.10. The number of benzene rings is 2. The first-order valence-electron chi connectivity index (χ1n) is 8.78. The second kappa shape index (κ2) is 7.69. The predicted octanol–water partition coefficient (Wildman–Crippen LogP) is 4.90. The van der Waals surface area contributed by atoms with Crippen LogP contribution in [0.1, 0.15) is 5.56 Å². The average Bonchev–Trinajstić information content (AvgIpc) is 3.12. The van der Waals surface area contributed by atoms with Gasteiger partial charge < -0.3 is 0 Å². The van der Waals surface area contributed by atoms with E-state index in [1.165, 1.54) is 0 Å². The molecule has 2 aromatic carbocycles. The Balaban J connectivity index is 1.81. The number of aromatic nitrogens is 3. The molecule has 0 aliphatic rings. The maximum absolute atomic E-state index is 12.9. The highest BCUT2D eigenvalue weighted by molar-refractivity contribution is 7.92. The van der Waals surface area contributed by atoms with Crippen LogP contribution in [0.5, 0.6) is 0 Å². The zero-order chi connectivity index (χ0) is 20.4. The van der Waals surface area contributed by atoms with Gasteiger partial charge in [-0.05, 0) is 48.9 Å². The molecule has 0 saturated heterocycles. The van der Waals surface area contributed by atoms with Gasteiger partial charge in [-0.3, -0.25) is 14.8 Å². The van der Waals surface area contributed by atoms with E-state index in [0.717, 1.165) is 16.7 Å². The van der Waals surface area contributed by atoms with Crippen molar-refractivity contribution in [2.75, 3.05) is 4.72 Å². The van der Waals surface area contributed by atoms with Gasteiger partial charge >= 0.3 is 0 Å². The monoisotopic (exact) mass is 424 g/mol. The van der Waals surface area contributed by atoms with Crippen LogP contribution in [-0.4, -0.2) is 23.6 Å². The summed E-state index contributed by atoms with van der Waals surface area (Å²) in [5, 5.41) is 7.81. The van der Waals surface area contributed by atoms with Crippen LogP contribution < -0.4 is 4.72 Å². The first kappa shape index (κ1) is 19.2. The highest BCUT2D eigenvalue weighted by Gasteiger charge is 2.22. The molecule has 6 nitrogen and oxygen atoms in total. The molecule has 29 heavy (non-hydrogen) atoms. The van der Waals surface area contributed by atoms with Crippen molar-refractivity contribution in [3.8, 4) is 22.4 Å². The van der Waals surface area contributed by atoms with Gasteiger partial charge in [0.2, 0.25) is 0 Å². The summed E-state index contributed by atoms with van der Waals surface area (Å²) >= 11 is 6.00. The van der Waals surface area contributed by atoms with Gasteiger partial charge in [0, 0.05) is 23.0 Å². The van der Waals surface area contributed by atoms with E-state index in [2.05, 4.69) is 19.9 Å². The van der Waals surface area contributed by atoms with E-state index in [0.29, 0.717) is 16.3 Å². The Hall–Kier alpha value is -3.16. The van der Waals surface area contributed by atoms with Crippen molar-refractivity contribution in [1.82, 2.24) is 15.2 Å². The van der Waals surface area contributed by atoms with E-state index >= 15 is 0 Å². The highest BCUT2D eigenvalue weighted by atomic mass is 35.5. The molecule has 2 aromatic heterocycles. The summed E-state index contributed by atoms with van der Waals surface area (Å²) in [6.45, 7) is 1.90. The van der Waals surface area contributed by atoms with Crippen LogP contribution >= 0.6 is 11.6 Å². The van der Waals surface area contributed by atoms with Gasteiger partial charge in [-0.25, -0.2) is 8.42 Å². The zero-order valence-electron chi connectivity index (χ0n) is 15.4. The molecule has 0 radical (unpaired) electrons. The molecule has 0 amide bonds. The fourth-order valence-electron chi connectivity index (χ4n) is 2.94. The molecule has 0 aliphatic heterocycles. The number of anilines is 1. The Labute approximate surface area is 173 Å². The van der Waals surface area contributed by atoms with Crippen LogP contribution in [0.2, 0.25) is 5.02 Å². The van der Waals surface area contributed by atoms with Gasteiger partial charge in [-0.2, -0.15) is 5.10 Å². The van der Waals surface area contributed by atoms with Crippen LogP contribution in [-0.2, 0) is 10.0 Å². The molecule has 0 atom stereocenters. The van der Waals surface area contributed by atoms with E-state index < -0.39 is 10.0 Å². The third-order valence-corrected chi connectivity index (χ3v) is 6.04. The Morgan fingerprint density at radius 3 is 2.21 bits per heavy atom. The van der Waals surface area contributed by atoms with Crippen LogP contribution in [0.3, 0.4) is 0 Å². The van der Waals surface area contributed by atoms with Crippen molar-refractivity contribution in [1.29, 1.82) is 0 Å². The average molecular weight is 425 g/mol. The van der Waals surface area contributed by atoms with Crippen LogP contribution in [0.4, 0.5) is 5.82 Å². The van der Waals surface area contributed by atoms with Gasteiger partial charge in [0.25, 0.3) is 10.0 Å². The molecular weight excluding hydrogens is 408 g/mol. The standard InChI is InChI=1S/C21H17ClN4O2S/c1-14-2-8-18(9-3-14)29(27,28)26-21-19(15-10-12-23-13-11-15)20(24-25-21)16-4-6-17(22)7-5-16/h2-13H,1H3,(H2,24,25,26). The zero-order valence-corrected chi connectivity index (χ0v) is 17.0. The van der Waals surface area contributed by atoms with Gasteiger partial charge in [0.1, 0.15) is 11.5 Å². The summed E-state index contributed by atoms with van der Waals surface area (Å²) in [5.74, 6) is 0.279. The number of nitrogens with one attached hydrogen (secondary N) is 2. The fourth-order valence-corrected chi connectivity index (χ4v) is 4.10. The van der Waals surface area contributed by atoms with Crippen molar-refractivity contribution in [2.45, 2.75) is 11.8 Å². The lowest BCUT2D eigenvalue weighted by Crippen LogP contribution is -2.13. The molecule has 0 spiro atoms. The number of hydrogen-bond acceptors (Lipinski definition) is 4. The first-order valence-corrected chi connectivity index (χ1v) is 10.6. The minimum Gasteiger partial charge on any atom is -0.265 e. The summed E-state index contributed by atoms with van der Waals surface area (Å²) in [6.07, 6.45) is 3.29. The van der Waals surface area contributed by atoms with Crippen molar-refractivity contribution >= 4 is 27.4 Å². The number of hydrogen-bond donors (Lipinski definition) is 2. The number of nitrogens with zero attached hydrogens (tertiary/aromatic N) is 2. The molecule has 2 N–H and O–H groups in total. The number of rotatable bonds is 5. The largest absolute Gasteiger partial charge is 0.265 e. The normalized spacial score (nSPS) is 11.4. The summed E-state index contributed by atoms with van der Waals surface area (Å²) in [5.41, 5.74) is 3.80. The lowest BCUT2D eigenvalue weighted by atomic mass is 10.0. The SMILES string of the molecule is Cc1ccc(S(=O)(=O)Nc2[nH]nc(-c3ccc(Cl)cc3)c2-c2ccncc2)cc1. The minimum atomic E-state index is -3.79.